The summed E-state index contributed by atoms with van der Waals surface area (Å²) in [7, 11) is 0. The number of rotatable bonds is 5. The molecule has 0 atom stereocenters. The van der Waals surface area contributed by atoms with Gasteiger partial charge in [0.05, 0.1) is 19.8 Å². The Balaban J connectivity index is 0.00000225. The lowest BCUT2D eigenvalue weighted by Crippen LogP contribution is -2.33. The van der Waals surface area contributed by atoms with E-state index in [1.807, 2.05) is 36.4 Å². The van der Waals surface area contributed by atoms with Gasteiger partial charge in [0.15, 0.2) is 17.5 Å². The quantitative estimate of drug-likeness (QED) is 0.412. The zero-order chi connectivity index (χ0) is 16.6. The van der Waals surface area contributed by atoms with Gasteiger partial charge in [0.25, 0.3) is 0 Å². The van der Waals surface area contributed by atoms with Crippen LogP contribution in [0.4, 0.5) is 0 Å². The molecule has 2 heterocycles. The van der Waals surface area contributed by atoms with Crippen LogP contribution in [0.25, 0.3) is 0 Å². The predicted octanol–water partition coefficient (Wildman–Crippen LogP) is 2.51. The Hall–Kier alpha value is -2.03. The lowest BCUT2D eigenvalue weighted by atomic mass is 10.2. The minimum Gasteiger partial charge on any atom is -0.490 e. The van der Waals surface area contributed by atoms with Gasteiger partial charge >= 0.3 is 0 Å². The first-order valence-electron chi connectivity index (χ1n) is 8.14. The van der Waals surface area contributed by atoms with E-state index < -0.39 is 0 Å². The van der Waals surface area contributed by atoms with E-state index in [2.05, 4.69) is 15.3 Å². The summed E-state index contributed by atoms with van der Waals surface area (Å²) in [5.74, 6) is 1.97. The molecular weight excluding hydrogens is 431 g/mol. The molecule has 0 spiro atoms. The number of para-hydroxylation sites is 1. The van der Waals surface area contributed by atoms with Gasteiger partial charge in [-0.1, -0.05) is 18.2 Å². The summed E-state index contributed by atoms with van der Waals surface area (Å²) in [4.78, 5) is 8.67. The molecule has 7 heteroatoms. The third kappa shape index (κ3) is 5.77. The average Bonchev–Trinajstić information content (AvgIpc) is 2.87. The van der Waals surface area contributed by atoms with E-state index in [1.165, 1.54) is 0 Å². The van der Waals surface area contributed by atoms with Gasteiger partial charge in [0, 0.05) is 36.8 Å². The predicted molar refractivity (Wildman–Crippen MR) is 109 cm³/mol. The van der Waals surface area contributed by atoms with Gasteiger partial charge in [-0.2, -0.15) is 0 Å². The highest BCUT2D eigenvalue weighted by atomic mass is 127. The Morgan fingerprint density at radius 2 is 2.04 bits per heavy atom. The molecule has 0 aliphatic carbocycles. The molecule has 1 aromatic heterocycles. The Labute approximate surface area is 164 Å². The number of halogens is 1. The van der Waals surface area contributed by atoms with Crippen LogP contribution in [0.1, 0.15) is 17.7 Å². The third-order valence-electron chi connectivity index (χ3n) is 3.69. The number of aromatic nitrogens is 1. The maximum atomic E-state index is 5.94. The molecule has 0 saturated heterocycles. The van der Waals surface area contributed by atoms with Crippen molar-refractivity contribution in [2.45, 2.75) is 19.4 Å². The molecule has 3 rings (SSSR count). The number of nitrogens with one attached hydrogen (secondary N) is 1. The smallest absolute Gasteiger partial charge is 0.188 e. The fraction of sp³-hybridized carbons (Fsp3) is 0.333. The molecule has 0 saturated carbocycles. The van der Waals surface area contributed by atoms with Crippen LogP contribution in [0.2, 0.25) is 0 Å². The van der Waals surface area contributed by atoms with Crippen LogP contribution in [-0.2, 0) is 13.0 Å². The second kappa shape index (κ2) is 10.1. The molecule has 0 amide bonds. The number of hydrogen-bond acceptors (Lipinski definition) is 4. The van der Waals surface area contributed by atoms with Crippen LogP contribution in [0.3, 0.4) is 0 Å². The normalized spacial score (nSPS) is 13.5. The summed E-state index contributed by atoms with van der Waals surface area (Å²) in [6, 6.07) is 11.7. The molecule has 1 aliphatic heterocycles. The first-order chi connectivity index (χ1) is 11.8. The molecule has 6 nitrogen and oxygen atoms in total. The molecule has 3 N–H and O–H groups in total. The van der Waals surface area contributed by atoms with Crippen LogP contribution in [-0.4, -0.2) is 30.7 Å². The van der Waals surface area contributed by atoms with Crippen molar-refractivity contribution in [3.05, 3.63) is 53.9 Å². The summed E-state index contributed by atoms with van der Waals surface area (Å²) in [6.07, 6.45) is 3.47. The standard InChI is InChI=1S/C18H22N4O2.HI/c19-18(21-10-8-15-6-1-2-9-20-15)22-13-14-5-3-7-16-17(14)24-12-4-11-23-16;/h1-3,5-7,9H,4,8,10-13H2,(H3,19,21,22);1H. The second-order valence-electron chi connectivity index (χ2n) is 5.49. The Morgan fingerprint density at radius 1 is 1.16 bits per heavy atom. The van der Waals surface area contributed by atoms with E-state index in [0.717, 1.165) is 35.6 Å². The van der Waals surface area contributed by atoms with Crippen LogP contribution >= 0.6 is 24.0 Å². The summed E-state index contributed by atoms with van der Waals surface area (Å²) in [5, 5.41) is 3.11. The lowest BCUT2D eigenvalue weighted by Gasteiger charge is -2.11. The Kier molecular flexibility index (Phi) is 7.77. The third-order valence-corrected chi connectivity index (χ3v) is 3.69. The molecule has 134 valence electrons. The largest absolute Gasteiger partial charge is 0.490 e. The SMILES string of the molecule is I.NC(=NCc1cccc2c1OCCCO2)NCCc1ccccn1. The molecule has 1 aromatic carbocycles. The van der Waals surface area contributed by atoms with E-state index in [0.29, 0.717) is 32.3 Å². The number of nitrogens with two attached hydrogens (primary N) is 1. The van der Waals surface area contributed by atoms with Crippen molar-refractivity contribution in [2.75, 3.05) is 19.8 Å². The number of ether oxygens (including phenoxy) is 2. The molecule has 25 heavy (non-hydrogen) atoms. The number of hydrogen-bond donors (Lipinski definition) is 2. The number of guanidine groups is 1. The van der Waals surface area contributed by atoms with Crippen LogP contribution in [0.15, 0.2) is 47.6 Å². The molecule has 2 aromatic rings. The summed E-state index contributed by atoms with van der Waals surface area (Å²) >= 11 is 0. The number of fused-ring (bicyclic) bond motifs is 1. The fourth-order valence-electron chi connectivity index (χ4n) is 2.47. The fourth-order valence-corrected chi connectivity index (χ4v) is 2.47. The highest BCUT2D eigenvalue weighted by Crippen LogP contribution is 2.33. The van der Waals surface area contributed by atoms with Gasteiger partial charge in [0.2, 0.25) is 0 Å². The number of nitrogens with zero attached hydrogens (tertiary/aromatic N) is 2. The van der Waals surface area contributed by atoms with E-state index in [4.69, 9.17) is 15.2 Å². The lowest BCUT2D eigenvalue weighted by molar-refractivity contribution is 0.296. The van der Waals surface area contributed by atoms with Gasteiger partial charge in [-0.15, -0.1) is 24.0 Å². The average molecular weight is 454 g/mol. The first kappa shape index (κ1) is 19.3. The Bertz CT molecular complexity index is 695. The van der Waals surface area contributed by atoms with Crippen molar-refractivity contribution in [1.29, 1.82) is 0 Å². The van der Waals surface area contributed by atoms with Crippen molar-refractivity contribution in [2.24, 2.45) is 10.7 Å². The summed E-state index contributed by atoms with van der Waals surface area (Å²) in [5.41, 5.74) is 7.94. The molecular formula is C18H23IN4O2. The zero-order valence-electron chi connectivity index (χ0n) is 14.0. The van der Waals surface area contributed by atoms with Crippen molar-refractivity contribution in [3.63, 3.8) is 0 Å². The zero-order valence-corrected chi connectivity index (χ0v) is 16.3. The highest BCUT2D eigenvalue weighted by molar-refractivity contribution is 14.0. The van der Waals surface area contributed by atoms with Gasteiger partial charge < -0.3 is 20.5 Å². The van der Waals surface area contributed by atoms with Crippen molar-refractivity contribution in [3.8, 4) is 11.5 Å². The summed E-state index contributed by atoms with van der Waals surface area (Å²) in [6.45, 7) is 2.48. The molecule has 1 aliphatic rings. The number of benzene rings is 1. The van der Waals surface area contributed by atoms with E-state index >= 15 is 0 Å². The molecule has 0 radical (unpaired) electrons. The maximum absolute atomic E-state index is 5.94. The monoisotopic (exact) mass is 454 g/mol. The second-order valence-corrected chi connectivity index (χ2v) is 5.49. The molecule has 0 bridgehead atoms. The topological polar surface area (TPSA) is 81.8 Å². The Morgan fingerprint density at radius 3 is 2.88 bits per heavy atom. The van der Waals surface area contributed by atoms with Gasteiger partial charge in [-0.25, -0.2) is 4.99 Å². The van der Waals surface area contributed by atoms with Crippen LogP contribution < -0.4 is 20.5 Å². The minimum absolute atomic E-state index is 0. The van der Waals surface area contributed by atoms with Crippen molar-refractivity contribution >= 4 is 29.9 Å². The van der Waals surface area contributed by atoms with E-state index in [9.17, 15) is 0 Å². The van der Waals surface area contributed by atoms with Crippen molar-refractivity contribution in [1.82, 2.24) is 10.3 Å². The number of pyridine rings is 1. The van der Waals surface area contributed by atoms with Crippen LogP contribution in [0, 0.1) is 0 Å². The highest BCUT2D eigenvalue weighted by Gasteiger charge is 2.13. The minimum atomic E-state index is 0. The van der Waals surface area contributed by atoms with Crippen molar-refractivity contribution < 1.29 is 9.47 Å². The van der Waals surface area contributed by atoms with Gasteiger partial charge in [-0.05, 0) is 18.2 Å². The number of aliphatic imine (C=N–C) groups is 1. The van der Waals surface area contributed by atoms with Crippen LogP contribution in [0.5, 0.6) is 11.5 Å². The maximum Gasteiger partial charge on any atom is 0.188 e. The first-order valence-corrected chi connectivity index (χ1v) is 8.14. The van der Waals surface area contributed by atoms with E-state index in [-0.39, 0.29) is 24.0 Å². The van der Waals surface area contributed by atoms with Gasteiger partial charge in [-0.3, -0.25) is 4.98 Å². The molecule has 0 unspecified atom stereocenters. The molecule has 0 fully saturated rings. The summed E-state index contributed by atoms with van der Waals surface area (Å²) < 4.78 is 11.5. The van der Waals surface area contributed by atoms with E-state index in [1.54, 1.807) is 6.20 Å². The van der Waals surface area contributed by atoms with Gasteiger partial charge in [0.1, 0.15) is 0 Å².